The molecule has 1 amide bonds. The molecule has 8 heteroatoms. The second-order valence-electron chi connectivity index (χ2n) is 8.14. The van der Waals surface area contributed by atoms with Crippen molar-refractivity contribution in [3.8, 4) is 0 Å². The molecule has 29 heavy (non-hydrogen) atoms. The Morgan fingerprint density at radius 1 is 0.966 bits per heavy atom. The van der Waals surface area contributed by atoms with E-state index in [0.29, 0.717) is 56.8 Å². The molecule has 3 aliphatic heterocycles. The fourth-order valence-electron chi connectivity index (χ4n) is 4.96. The van der Waals surface area contributed by atoms with Crippen LogP contribution in [-0.2, 0) is 4.79 Å². The number of anilines is 1. The molecule has 3 fully saturated rings. The van der Waals surface area contributed by atoms with Gasteiger partial charge in [-0.3, -0.25) is 9.80 Å². The molecule has 3 aliphatic rings. The molecule has 152 valence electrons. The van der Waals surface area contributed by atoms with Crippen molar-refractivity contribution in [2.24, 2.45) is 5.41 Å². The second kappa shape index (κ2) is 6.73. The Kier molecular flexibility index (Phi) is 4.27. The highest BCUT2D eigenvalue weighted by atomic mass is 19.1. The summed E-state index contributed by atoms with van der Waals surface area (Å²) in [4.78, 5) is 19.6. The lowest BCUT2D eigenvalue weighted by Gasteiger charge is -2.38. The molecule has 1 spiro atoms. The molecule has 5 rings (SSSR count). The lowest BCUT2D eigenvalue weighted by molar-refractivity contribution is -0.143. The molecule has 3 saturated heterocycles. The Labute approximate surface area is 166 Å². The zero-order chi connectivity index (χ0) is 20.2. The third-order valence-electron chi connectivity index (χ3n) is 6.43. The van der Waals surface area contributed by atoms with Gasteiger partial charge in [0.1, 0.15) is 23.3 Å². The molecule has 4 heterocycles. The molecule has 2 aromatic rings. The summed E-state index contributed by atoms with van der Waals surface area (Å²) in [6.45, 7) is 2.53. The lowest BCUT2D eigenvalue weighted by atomic mass is 9.77. The van der Waals surface area contributed by atoms with Gasteiger partial charge in [-0.25, -0.2) is 23.2 Å². The zero-order valence-corrected chi connectivity index (χ0v) is 15.8. The van der Waals surface area contributed by atoms with Crippen LogP contribution in [-0.4, -0.2) is 47.1 Å². The van der Waals surface area contributed by atoms with Gasteiger partial charge in [0.05, 0.1) is 11.5 Å². The maximum atomic E-state index is 13.7. The number of piperidine rings is 1. The van der Waals surface area contributed by atoms with Crippen molar-refractivity contribution in [1.29, 1.82) is 0 Å². The minimum atomic E-state index is -0.629. The highest BCUT2D eigenvalue weighted by Gasteiger charge is 2.56. The predicted molar refractivity (Wildman–Crippen MR) is 100 cm³/mol. The Hall–Kier alpha value is -2.61. The van der Waals surface area contributed by atoms with E-state index in [2.05, 4.69) is 4.98 Å². The number of amides is 1. The summed E-state index contributed by atoms with van der Waals surface area (Å²) < 4.78 is 40.9. The number of hydrogen-bond donors (Lipinski definition) is 0. The molecule has 0 saturated carbocycles. The number of aromatic nitrogens is 1. The van der Waals surface area contributed by atoms with Gasteiger partial charge >= 0.3 is 0 Å². The highest BCUT2D eigenvalue weighted by Crippen LogP contribution is 2.47. The van der Waals surface area contributed by atoms with Crippen LogP contribution in [0.4, 0.5) is 19.0 Å². The quantitative estimate of drug-likeness (QED) is 0.773. The van der Waals surface area contributed by atoms with Gasteiger partial charge in [0, 0.05) is 44.5 Å². The summed E-state index contributed by atoms with van der Waals surface area (Å²) in [5, 5.41) is 3.73. The van der Waals surface area contributed by atoms with E-state index in [1.54, 1.807) is 5.01 Å². The SMILES string of the molecule is O=C1N2[C@H](c3cc(F)cc(F)c3)CCN2CC12CCN(c1cc(F)ccn1)CC2. The minimum Gasteiger partial charge on any atom is -0.356 e. The van der Waals surface area contributed by atoms with E-state index in [4.69, 9.17) is 0 Å². The number of benzene rings is 1. The summed E-state index contributed by atoms with van der Waals surface area (Å²) in [5.41, 5.74) is -0.00856. The van der Waals surface area contributed by atoms with Crippen molar-refractivity contribution in [2.45, 2.75) is 25.3 Å². The van der Waals surface area contributed by atoms with Crippen molar-refractivity contribution < 1.29 is 18.0 Å². The average molecular weight is 402 g/mol. The first-order valence-corrected chi connectivity index (χ1v) is 9.86. The molecule has 5 nitrogen and oxygen atoms in total. The van der Waals surface area contributed by atoms with Crippen LogP contribution in [0.2, 0.25) is 0 Å². The van der Waals surface area contributed by atoms with E-state index in [-0.39, 0.29) is 17.8 Å². The van der Waals surface area contributed by atoms with Gasteiger partial charge in [-0.05, 0) is 43.0 Å². The first-order valence-electron chi connectivity index (χ1n) is 9.86. The maximum absolute atomic E-state index is 13.7. The number of hydrogen-bond acceptors (Lipinski definition) is 4. The fraction of sp³-hybridized carbons (Fsp3) is 0.429. The van der Waals surface area contributed by atoms with Gasteiger partial charge in [0.25, 0.3) is 0 Å². The van der Waals surface area contributed by atoms with E-state index in [9.17, 15) is 18.0 Å². The van der Waals surface area contributed by atoms with Crippen molar-refractivity contribution in [3.63, 3.8) is 0 Å². The van der Waals surface area contributed by atoms with Crippen molar-refractivity contribution >= 4 is 11.7 Å². The number of nitrogens with zero attached hydrogens (tertiary/aromatic N) is 4. The fourth-order valence-corrected chi connectivity index (χ4v) is 4.96. The van der Waals surface area contributed by atoms with Gasteiger partial charge in [-0.1, -0.05) is 0 Å². The minimum absolute atomic E-state index is 0.0246. The second-order valence-corrected chi connectivity index (χ2v) is 8.14. The summed E-state index contributed by atoms with van der Waals surface area (Å²) in [6, 6.07) is 5.85. The van der Waals surface area contributed by atoms with E-state index in [1.807, 2.05) is 9.91 Å². The van der Waals surface area contributed by atoms with Crippen LogP contribution >= 0.6 is 0 Å². The van der Waals surface area contributed by atoms with Crippen LogP contribution in [0, 0.1) is 22.9 Å². The predicted octanol–water partition coefficient (Wildman–Crippen LogP) is 3.29. The number of pyridine rings is 1. The largest absolute Gasteiger partial charge is 0.356 e. The summed E-state index contributed by atoms with van der Waals surface area (Å²) in [7, 11) is 0. The highest BCUT2D eigenvalue weighted by molar-refractivity contribution is 5.85. The van der Waals surface area contributed by atoms with Crippen LogP contribution in [0.5, 0.6) is 0 Å². The smallest absolute Gasteiger partial charge is 0.245 e. The Morgan fingerprint density at radius 3 is 2.38 bits per heavy atom. The maximum Gasteiger partial charge on any atom is 0.245 e. The molecule has 0 radical (unpaired) electrons. The molecule has 1 aromatic carbocycles. The lowest BCUT2D eigenvalue weighted by Crippen LogP contribution is -2.46. The van der Waals surface area contributed by atoms with Crippen LogP contribution in [0.15, 0.2) is 36.5 Å². The Morgan fingerprint density at radius 2 is 1.69 bits per heavy atom. The molecule has 0 N–H and O–H groups in total. The molecule has 1 aromatic heterocycles. The van der Waals surface area contributed by atoms with Crippen LogP contribution < -0.4 is 4.90 Å². The van der Waals surface area contributed by atoms with Gasteiger partial charge in [-0.2, -0.15) is 0 Å². The Bertz CT molecular complexity index is 940. The molecule has 0 unspecified atom stereocenters. The van der Waals surface area contributed by atoms with E-state index in [0.717, 1.165) is 6.07 Å². The van der Waals surface area contributed by atoms with Crippen molar-refractivity contribution in [3.05, 3.63) is 59.5 Å². The van der Waals surface area contributed by atoms with Crippen molar-refractivity contribution in [1.82, 2.24) is 15.0 Å². The third-order valence-corrected chi connectivity index (χ3v) is 6.43. The number of hydrazine groups is 1. The van der Waals surface area contributed by atoms with Gasteiger partial charge < -0.3 is 4.90 Å². The number of carbonyl (C=O) groups is 1. The first-order chi connectivity index (χ1) is 13.9. The van der Waals surface area contributed by atoms with Crippen LogP contribution in [0.3, 0.4) is 0 Å². The average Bonchev–Trinajstić information content (AvgIpc) is 3.20. The monoisotopic (exact) mass is 402 g/mol. The normalized spacial score (nSPS) is 23.8. The number of fused-ring (bicyclic) bond motifs is 1. The molecular formula is C21H21F3N4O. The summed E-state index contributed by atoms with van der Waals surface area (Å²) in [5.74, 6) is -0.980. The van der Waals surface area contributed by atoms with Gasteiger partial charge in [0.2, 0.25) is 5.91 Å². The van der Waals surface area contributed by atoms with Crippen LogP contribution in [0.1, 0.15) is 30.9 Å². The third kappa shape index (κ3) is 3.06. The topological polar surface area (TPSA) is 39.7 Å². The molecule has 1 atom stereocenters. The van der Waals surface area contributed by atoms with Gasteiger partial charge in [-0.15, -0.1) is 0 Å². The zero-order valence-electron chi connectivity index (χ0n) is 15.8. The first kappa shape index (κ1) is 18.4. The number of rotatable bonds is 2. The number of carbonyl (C=O) groups excluding carboxylic acids is 1. The number of halogens is 3. The summed E-state index contributed by atoms with van der Waals surface area (Å²) >= 11 is 0. The Balaban J connectivity index is 1.35. The standard InChI is InChI=1S/C21H21F3N4O/c22-15-1-5-25-19(12-15)26-7-3-21(4-8-26)13-27-6-2-18(28(27)20(21)29)14-9-16(23)11-17(24)10-14/h1,5,9-12,18H,2-4,6-8,13H2/t18-/m0/s1. The van der Waals surface area contributed by atoms with E-state index in [1.165, 1.54) is 30.5 Å². The molecule has 0 bridgehead atoms. The van der Waals surface area contributed by atoms with Gasteiger partial charge in [0.15, 0.2) is 0 Å². The van der Waals surface area contributed by atoms with Crippen LogP contribution in [0.25, 0.3) is 0 Å². The molecule has 0 aliphatic carbocycles. The molecular weight excluding hydrogens is 381 g/mol. The van der Waals surface area contributed by atoms with E-state index < -0.39 is 17.0 Å². The van der Waals surface area contributed by atoms with Crippen molar-refractivity contribution in [2.75, 3.05) is 31.1 Å². The summed E-state index contributed by atoms with van der Waals surface area (Å²) in [6.07, 6.45) is 3.38. The van der Waals surface area contributed by atoms with E-state index >= 15 is 0 Å².